The van der Waals surface area contributed by atoms with Gasteiger partial charge in [0.25, 0.3) is 5.91 Å². The van der Waals surface area contributed by atoms with Crippen molar-refractivity contribution in [3.05, 3.63) is 83.1 Å². The van der Waals surface area contributed by atoms with E-state index in [4.69, 9.17) is 0 Å². The molecule has 2 heterocycles. The Morgan fingerprint density at radius 3 is 2.26 bits per heavy atom. The number of carbonyl (C=O) groups excluding carboxylic acids is 1. The molecule has 0 aliphatic carbocycles. The molecule has 0 atom stereocenters. The molecule has 0 saturated carbocycles. The number of amides is 1. The van der Waals surface area contributed by atoms with E-state index in [2.05, 4.69) is 5.10 Å². The highest BCUT2D eigenvalue weighted by Gasteiger charge is 2.47. The topological polar surface area (TPSA) is 35.9 Å². The van der Waals surface area contributed by atoms with Gasteiger partial charge in [-0.25, -0.2) is 0 Å². The number of para-hydroxylation sites is 1. The number of anilines is 2. The molecule has 4 nitrogen and oxygen atoms in total. The Morgan fingerprint density at radius 1 is 1.00 bits per heavy atom. The molecular formula is C24H22F3N3O. The molecule has 2 aromatic rings. The number of hydrogen-bond acceptors (Lipinski definition) is 3. The zero-order valence-corrected chi connectivity index (χ0v) is 17.7. The number of hydrogen-bond donors (Lipinski definition) is 0. The standard InChI is InChI=1S/C24H22F3N3O/c1-15-9-11-16(12-10-15)30-22(31)17(21(28-30)24(25,26)27)13-14-20-23(2,3)18-7-5-6-8-19(18)29(20)4/h5-14H,1-4H3/b17-13-,20-14+. The maximum atomic E-state index is 13.7. The van der Waals surface area contributed by atoms with Crippen molar-refractivity contribution in [2.75, 3.05) is 17.0 Å². The fourth-order valence-corrected chi connectivity index (χ4v) is 4.10. The maximum Gasteiger partial charge on any atom is 0.435 e. The Balaban J connectivity index is 1.77. The molecule has 2 aliphatic rings. The molecule has 0 aromatic heterocycles. The van der Waals surface area contributed by atoms with Gasteiger partial charge in [-0.05, 0) is 42.8 Å². The second-order valence-corrected chi connectivity index (χ2v) is 8.23. The average molecular weight is 425 g/mol. The minimum atomic E-state index is -4.75. The van der Waals surface area contributed by atoms with Crippen LogP contribution in [0.15, 0.2) is 77.1 Å². The second kappa shape index (κ2) is 7.11. The molecule has 2 aromatic carbocycles. The Bertz CT molecular complexity index is 1140. The molecular weight excluding hydrogens is 403 g/mol. The Labute approximate surface area is 179 Å². The van der Waals surface area contributed by atoms with Crippen LogP contribution in [0.3, 0.4) is 0 Å². The lowest BCUT2D eigenvalue weighted by molar-refractivity contribution is -0.114. The van der Waals surface area contributed by atoms with Crippen molar-refractivity contribution in [2.45, 2.75) is 32.4 Å². The van der Waals surface area contributed by atoms with Crippen molar-refractivity contribution >= 4 is 23.0 Å². The fourth-order valence-electron chi connectivity index (χ4n) is 4.10. The lowest BCUT2D eigenvalue weighted by Gasteiger charge is -2.23. The van der Waals surface area contributed by atoms with Crippen LogP contribution in [0.5, 0.6) is 0 Å². The molecule has 0 saturated heterocycles. The number of hydrazone groups is 1. The highest BCUT2D eigenvalue weighted by atomic mass is 19.4. The molecule has 7 heteroatoms. The molecule has 0 spiro atoms. The number of benzene rings is 2. The number of rotatable bonds is 2. The summed E-state index contributed by atoms with van der Waals surface area (Å²) in [5.41, 5.74) is 2.00. The first-order chi connectivity index (χ1) is 14.5. The largest absolute Gasteiger partial charge is 0.435 e. The lowest BCUT2D eigenvalue weighted by atomic mass is 9.83. The zero-order valence-electron chi connectivity index (χ0n) is 17.7. The zero-order chi connectivity index (χ0) is 22.6. The minimum Gasteiger partial charge on any atom is -0.347 e. The minimum absolute atomic E-state index is 0.291. The first kappa shape index (κ1) is 20.9. The van der Waals surface area contributed by atoms with Crippen LogP contribution < -0.4 is 9.91 Å². The molecule has 0 bridgehead atoms. The predicted molar refractivity (Wildman–Crippen MR) is 116 cm³/mol. The van der Waals surface area contributed by atoms with Crippen LogP contribution in [0.25, 0.3) is 0 Å². The number of nitrogens with zero attached hydrogens (tertiary/aromatic N) is 3. The molecule has 2 aliphatic heterocycles. The third-order valence-corrected chi connectivity index (χ3v) is 5.77. The quantitative estimate of drug-likeness (QED) is 0.596. The first-order valence-corrected chi connectivity index (χ1v) is 9.85. The van der Waals surface area contributed by atoms with Crippen molar-refractivity contribution in [3.63, 3.8) is 0 Å². The summed E-state index contributed by atoms with van der Waals surface area (Å²) in [6.45, 7) is 5.87. The van der Waals surface area contributed by atoms with Gasteiger partial charge in [-0.2, -0.15) is 23.3 Å². The normalized spacial score (nSPS) is 20.6. The number of alkyl halides is 3. The van der Waals surface area contributed by atoms with Crippen LogP contribution in [0.4, 0.5) is 24.5 Å². The van der Waals surface area contributed by atoms with Gasteiger partial charge in [0.1, 0.15) is 0 Å². The van der Waals surface area contributed by atoms with Crippen LogP contribution in [-0.2, 0) is 10.2 Å². The first-order valence-electron chi connectivity index (χ1n) is 9.85. The van der Waals surface area contributed by atoms with Gasteiger partial charge >= 0.3 is 6.18 Å². The molecule has 4 rings (SSSR count). The van der Waals surface area contributed by atoms with Crippen LogP contribution >= 0.6 is 0 Å². The van der Waals surface area contributed by atoms with Crippen LogP contribution in [-0.4, -0.2) is 24.8 Å². The van der Waals surface area contributed by atoms with Gasteiger partial charge in [0.15, 0.2) is 5.71 Å². The van der Waals surface area contributed by atoms with E-state index in [0.29, 0.717) is 5.69 Å². The number of carbonyl (C=O) groups is 1. The van der Waals surface area contributed by atoms with Crippen LogP contribution in [0.1, 0.15) is 25.0 Å². The maximum absolute atomic E-state index is 13.7. The summed E-state index contributed by atoms with van der Waals surface area (Å²) in [6, 6.07) is 14.4. The summed E-state index contributed by atoms with van der Waals surface area (Å²) >= 11 is 0. The number of fused-ring (bicyclic) bond motifs is 1. The third-order valence-electron chi connectivity index (χ3n) is 5.77. The van der Waals surface area contributed by atoms with E-state index in [9.17, 15) is 18.0 Å². The van der Waals surface area contributed by atoms with E-state index >= 15 is 0 Å². The second-order valence-electron chi connectivity index (χ2n) is 8.23. The van der Waals surface area contributed by atoms with Crippen molar-refractivity contribution in [1.82, 2.24) is 0 Å². The van der Waals surface area contributed by atoms with Gasteiger partial charge in [-0.3, -0.25) is 4.79 Å². The summed E-state index contributed by atoms with van der Waals surface area (Å²) in [5.74, 6) is -0.802. The lowest BCUT2D eigenvalue weighted by Crippen LogP contribution is -2.26. The summed E-state index contributed by atoms with van der Waals surface area (Å²) in [6.07, 6.45) is -1.92. The summed E-state index contributed by atoms with van der Waals surface area (Å²) in [5, 5.41) is 4.44. The van der Waals surface area contributed by atoms with Gasteiger partial charge in [-0.1, -0.05) is 49.7 Å². The summed E-state index contributed by atoms with van der Waals surface area (Å²) in [4.78, 5) is 14.9. The van der Waals surface area contributed by atoms with Crippen molar-refractivity contribution in [3.8, 4) is 0 Å². The van der Waals surface area contributed by atoms with E-state index in [1.54, 1.807) is 30.3 Å². The molecule has 0 unspecified atom stereocenters. The van der Waals surface area contributed by atoms with Crippen molar-refractivity contribution in [2.24, 2.45) is 5.10 Å². The van der Waals surface area contributed by atoms with E-state index < -0.39 is 28.8 Å². The molecule has 160 valence electrons. The van der Waals surface area contributed by atoms with Crippen molar-refractivity contribution < 1.29 is 18.0 Å². The monoisotopic (exact) mass is 425 g/mol. The molecule has 0 radical (unpaired) electrons. The summed E-state index contributed by atoms with van der Waals surface area (Å²) in [7, 11) is 1.87. The summed E-state index contributed by atoms with van der Waals surface area (Å²) < 4.78 is 41.1. The highest BCUT2D eigenvalue weighted by Crippen LogP contribution is 2.46. The number of likely N-dealkylation sites (N-methyl/N-ethyl adjacent to an activating group) is 1. The smallest absolute Gasteiger partial charge is 0.347 e. The SMILES string of the molecule is Cc1ccc(N2N=C(C(F)(F)F)/C(=C/C=C3/N(C)c4ccccc4C3(C)C)C2=O)cc1. The van der Waals surface area contributed by atoms with E-state index in [1.165, 1.54) is 6.08 Å². The van der Waals surface area contributed by atoms with Crippen LogP contribution in [0.2, 0.25) is 0 Å². The van der Waals surface area contributed by atoms with Gasteiger partial charge in [0, 0.05) is 23.8 Å². The predicted octanol–water partition coefficient (Wildman–Crippen LogP) is 5.50. The molecule has 1 amide bonds. The highest BCUT2D eigenvalue weighted by molar-refractivity contribution is 6.32. The van der Waals surface area contributed by atoms with E-state index in [1.807, 2.05) is 57.0 Å². The third kappa shape index (κ3) is 3.44. The van der Waals surface area contributed by atoms with Gasteiger partial charge in [-0.15, -0.1) is 0 Å². The Hall–Kier alpha value is -3.35. The van der Waals surface area contributed by atoms with Crippen LogP contribution in [0, 0.1) is 6.92 Å². The number of aryl methyl sites for hydroxylation is 1. The average Bonchev–Trinajstić information content (AvgIpc) is 3.14. The fraction of sp³-hybridized carbons (Fsp3) is 0.250. The van der Waals surface area contributed by atoms with Gasteiger partial charge in [0.05, 0.1) is 11.3 Å². The number of allylic oxidation sites excluding steroid dienone is 3. The Kier molecular flexibility index (Phi) is 4.80. The molecule has 0 fully saturated rings. The van der Waals surface area contributed by atoms with Gasteiger partial charge in [0.2, 0.25) is 0 Å². The Morgan fingerprint density at radius 2 is 1.65 bits per heavy atom. The molecule has 0 N–H and O–H groups in total. The molecule has 31 heavy (non-hydrogen) atoms. The van der Waals surface area contributed by atoms with E-state index in [-0.39, 0.29) is 0 Å². The number of halogens is 3. The van der Waals surface area contributed by atoms with Crippen molar-refractivity contribution in [1.29, 1.82) is 0 Å². The van der Waals surface area contributed by atoms with E-state index in [0.717, 1.165) is 27.5 Å². The van der Waals surface area contributed by atoms with Gasteiger partial charge < -0.3 is 4.90 Å².